The number of halogens is 1. The Kier molecular flexibility index (Phi) is 4.81. The van der Waals surface area contributed by atoms with E-state index in [-0.39, 0.29) is 24.0 Å². The molecular weight excluding hydrogens is 383 g/mol. The second-order valence-corrected chi connectivity index (χ2v) is 7.92. The Morgan fingerprint density at radius 1 is 1.27 bits per heavy atom. The zero-order valence-corrected chi connectivity index (χ0v) is 16.7. The fourth-order valence-electron chi connectivity index (χ4n) is 4.51. The van der Waals surface area contributed by atoms with E-state index in [1.807, 2.05) is 24.3 Å². The molecule has 3 heterocycles. The van der Waals surface area contributed by atoms with Crippen LogP contribution in [0.5, 0.6) is 5.75 Å². The second kappa shape index (κ2) is 7.63. The van der Waals surface area contributed by atoms with Crippen LogP contribution in [0, 0.1) is 17.1 Å². The molecule has 2 N–H and O–H groups in total. The van der Waals surface area contributed by atoms with Crippen molar-refractivity contribution in [3.63, 3.8) is 0 Å². The van der Waals surface area contributed by atoms with Crippen LogP contribution in [0.4, 0.5) is 10.1 Å². The van der Waals surface area contributed by atoms with E-state index in [2.05, 4.69) is 28.2 Å². The van der Waals surface area contributed by atoms with E-state index in [9.17, 15) is 9.65 Å². The van der Waals surface area contributed by atoms with Gasteiger partial charge < -0.3 is 19.8 Å². The highest BCUT2D eigenvalue weighted by atomic mass is 19.1. The van der Waals surface area contributed by atoms with E-state index in [1.165, 1.54) is 12.1 Å². The highest BCUT2D eigenvalue weighted by Crippen LogP contribution is 2.39. The molecule has 6 nitrogen and oxygen atoms in total. The number of H-pyrrole nitrogens is 1. The van der Waals surface area contributed by atoms with Crippen molar-refractivity contribution in [1.29, 1.82) is 5.26 Å². The molecule has 0 aliphatic carbocycles. The lowest BCUT2D eigenvalue weighted by atomic mass is 9.93. The van der Waals surface area contributed by atoms with Crippen LogP contribution in [0.1, 0.15) is 24.2 Å². The Bertz CT molecular complexity index is 1120. The summed E-state index contributed by atoms with van der Waals surface area (Å²) in [5.41, 5.74) is 3.28. The van der Waals surface area contributed by atoms with Crippen LogP contribution in [0.25, 0.3) is 10.9 Å². The maximum absolute atomic E-state index is 13.8. The summed E-state index contributed by atoms with van der Waals surface area (Å²) in [7, 11) is 0. The molecule has 1 saturated heterocycles. The van der Waals surface area contributed by atoms with Crippen molar-refractivity contribution in [2.24, 2.45) is 0 Å². The summed E-state index contributed by atoms with van der Waals surface area (Å²) in [4.78, 5) is 5.51. The lowest BCUT2D eigenvalue weighted by molar-refractivity contribution is -0.0465. The van der Waals surface area contributed by atoms with Crippen LogP contribution in [0.3, 0.4) is 0 Å². The van der Waals surface area contributed by atoms with Gasteiger partial charge in [0.25, 0.3) is 0 Å². The van der Waals surface area contributed by atoms with Crippen molar-refractivity contribution in [1.82, 2.24) is 9.88 Å². The van der Waals surface area contributed by atoms with E-state index in [4.69, 9.17) is 9.47 Å². The smallest absolute Gasteiger partial charge is 0.127 e. The third-order valence-electron chi connectivity index (χ3n) is 5.94. The summed E-state index contributed by atoms with van der Waals surface area (Å²) in [5, 5.41) is 13.9. The molecule has 3 atom stereocenters. The normalized spacial score (nSPS) is 24.1. The number of aromatic nitrogens is 1. The summed E-state index contributed by atoms with van der Waals surface area (Å²) in [6.07, 6.45) is 0.153. The number of hydrogen-bond donors (Lipinski definition) is 2. The van der Waals surface area contributed by atoms with Crippen LogP contribution < -0.4 is 10.1 Å². The first kappa shape index (κ1) is 18.9. The largest absolute Gasteiger partial charge is 0.491 e. The fourth-order valence-corrected chi connectivity index (χ4v) is 4.51. The minimum atomic E-state index is -0.308. The Balaban J connectivity index is 1.55. The molecule has 7 heteroatoms. The molecule has 30 heavy (non-hydrogen) atoms. The summed E-state index contributed by atoms with van der Waals surface area (Å²) in [5.74, 6) is 0.265. The van der Waals surface area contributed by atoms with Crippen LogP contribution in [-0.2, 0) is 4.74 Å². The molecule has 154 valence electrons. The van der Waals surface area contributed by atoms with Crippen molar-refractivity contribution in [3.8, 4) is 11.8 Å². The van der Waals surface area contributed by atoms with Gasteiger partial charge in [-0.1, -0.05) is 12.1 Å². The van der Waals surface area contributed by atoms with Gasteiger partial charge in [-0.05, 0) is 31.2 Å². The highest BCUT2D eigenvalue weighted by molar-refractivity contribution is 5.93. The number of hydrogen-bond acceptors (Lipinski definition) is 5. The molecule has 0 unspecified atom stereocenters. The monoisotopic (exact) mass is 406 g/mol. The Morgan fingerprint density at radius 3 is 3.00 bits per heavy atom. The van der Waals surface area contributed by atoms with E-state index < -0.39 is 0 Å². The molecule has 2 aliphatic heterocycles. The van der Waals surface area contributed by atoms with E-state index in [1.54, 1.807) is 6.07 Å². The summed E-state index contributed by atoms with van der Waals surface area (Å²) >= 11 is 0. The number of ether oxygens (including phenoxy) is 2. The van der Waals surface area contributed by atoms with E-state index >= 15 is 0 Å². The Hall–Kier alpha value is -3.08. The van der Waals surface area contributed by atoms with Gasteiger partial charge in [0, 0.05) is 41.3 Å². The van der Waals surface area contributed by atoms with E-state index in [0.717, 1.165) is 35.2 Å². The number of aromatic amines is 1. The Morgan fingerprint density at radius 2 is 2.17 bits per heavy atom. The highest BCUT2D eigenvalue weighted by Gasteiger charge is 2.37. The summed E-state index contributed by atoms with van der Waals surface area (Å²) < 4.78 is 25.5. The maximum atomic E-state index is 13.8. The van der Waals surface area contributed by atoms with Crippen LogP contribution in [-0.4, -0.2) is 48.3 Å². The number of fused-ring (bicyclic) bond motifs is 2. The maximum Gasteiger partial charge on any atom is 0.127 e. The van der Waals surface area contributed by atoms with Crippen molar-refractivity contribution in [2.45, 2.75) is 25.1 Å². The Labute approximate surface area is 174 Å². The number of morpholine rings is 1. The van der Waals surface area contributed by atoms with Gasteiger partial charge in [-0.3, -0.25) is 4.90 Å². The topological polar surface area (TPSA) is 73.3 Å². The van der Waals surface area contributed by atoms with Gasteiger partial charge in [0.05, 0.1) is 24.8 Å². The zero-order valence-electron chi connectivity index (χ0n) is 16.7. The van der Waals surface area contributed by atoms with Gasteiger partial charge in [0.15, 0.2) is 0 Å². The van der Waals surface area contributed by atoms with Crippen LogP contribution in [0.2, 0.25) is 0 Å². The number of nitriles is 1. The number of nitrogens with one attached hydrogen (secondary N) is 2. The van der Waals surface area contributed by atoms with Crippen molar-refractivity contribution >= 4 is 16.6 Å². The lowest BCUT2D eigenvalue weighted by Gasteiger charge is -2.44. The number of rotatable bonds is 3. The third kappa shape index (κ3) is 3.38. The molecule has 1 aromatic heterocycles. The predicted octanol–water partition coefficient (Wildman–Crippen LogP) is 3.81. The quantitative estimate of drug-likeness (QED) is 0.692. The molecule has 0 saturated carbocycles. The van der Waals surface area contributed by atoms with Gasteiger partial charge in [-0.15, -0.1) is 0 Å². The second-order valence-electron chi connectivity index (χ2n) is 7.92. The molecule has 3 aromatic rings. The van der Waals surface area contributed by atoms with Gasteiger partial charge in [0.2, 0.25) is 0 Å². The van der Waals surface area contributed by atoms with E-state index in [0.29, 0.717) is 24.7 Å². The SMILES string of the molecule is C[C@@H]1CN([C@H]2COc3cc(F)ccc3[C@@H]2Nc2cccc3[nH]c(C#N)cc23)CCO1. The summed E-state index contributed by atoms with van der Waals surface area (Å²) in [6.45, 7) is 4.86. The van der Waals surface area contributed by atoms with Crippen LogP contribution in [0.15, 0.2) is 42.5 Å². The standard InChI is InChI=1S/C23H23FN4O2/c1-14-12-28(7-8-29-14)21-13-30-22-9-15(24)5-6-17(22)23(21)27-20-4-2-3-19-18(20)10-16(11-25)26-19/h2-6,9-10,14,21,23,26-27H,7-8,12-13H2,1H3/t14-,21+,23+/m1/s1. The average molecular weight is 406 g/mol. The van der Waals surface area contributed by atoms with Gasteiger partial charge in [0.1, 0.15) is 29.9 Å². The number of nitrogens with zero attached hydrogens (tertiary/aromatic N) is 2. The van der Waals surface area contributed by atoms with Crippen molar-refractivity contribution in [3.05, 3.63) is 59.5 Å². The molecule has 1 fully saturated rings. The number of benzene rings is 2. The molecule has 2 aromatic carbocycles. The minimum absolute atomic E-state index is 0.0685. The van der Waals surface area contributed by atoms with Crippen LogP contribution >= 0.6 is 0 Å². The average Bonchev–Trinajstić information content (AvgIpc) is 3.18. The molecular formula is C23H23FN4O2. The van der Waals surface area contributed by atoms with Crippen molar-refractivity contribution < 1.29 is 13.9 Å². The minimum Gasteiger partial charge on any atom is -0.491 e. The first-order valence-electron chi connectivity index (χ1n) is 10.2. The molecule has 0 spiro atoms. The van der Waals surface area contributed by atoms with Gasteiger partial charge in [-0.2, -0.15) is 5.26 Å². The zero-order chi connectivity index (χ0) is 20.7. The number of anilines is 1. The molecule has 0 amide bonds. The first-order valence-corrected chi connectivity index (χ1v) is 10.2. The summed E-state index contributed by atoms with van der Waals surface area (Å²) in [6, 6.07) is 14.7. The molecule has 2 aliphatic rings. The van der Waals surface area contributed by atoms with Gasteiger partial charge >= 0.3 is 0 Å². The van der Waals surface area contributed by atoms with Crippen molar-refractivity contribution in [2.75, 3.05) is 31.6 Å². The first-order chi connectivity index (χ1) is 14.6. The molecule has 0 radical (unpaired) electrons. The molecule has 0 bridgehead atoms. The third-order valence-corrected chi connectivity index (χ3v) is 5.94. The predicted molar refractivity (Wildman–Crippen MR) is 112 cm³/mol. The lowest BCUT2D eigenvalue weighted by Crippen LogP contribution is -2.54. The fraction of sp³-hybridized carbons (Fsp3) is 0.348. The van der Waals surface area contributed by atoms with Gasteiger partial charge in [-0.25, -0.2) is 4.39 Å². The molecule has 5 rings (SSSR count).